The van der Waals surface area contributed by atoms with Crippen LogP contribution in [-0.4, -0.2) is 9.55 Å². The molecule has 2 aromatic heterocycles. The van der Waals surface area contributed by atoms with Crippen molar-refractivity contribution in [1.29, 1.82) is 0 Å². The molecule has 0 N–H and O–H groups in total. The molecule has 2 heterocycles. The van der Waals surface area contributed by atoms with E-state index in [2.05, 4.69) is 17.1 Å². The van der Waals surface area contributed by atoms with Crippen molar-refractivity contribution in [3.8, 4) is 0 Å². The minimum atomic E-state index is 0.119. The molecule has 2 bridgehead atoms. The summed E-state index contributed by atoms with van der Waals surface area (Å²) in [5.74, 6) is 2.06. The van der Waals surface area contributed by atoms with Gasteiger partial charge in [-0.3, -0.25) is 9.36 Å². The lowest BCUT2D eigenvalue weighted by molar-refractivity contribution is 0.377. The molecule has 1 unspecified atom stereocenters. The number of hydrogen-bond donors (Lipinski definition) is 0. The molecule has 4 heteroatoms. The first-order valence-corrected chi connectivity index (χ1v) is 7.30. The molecular weight excluding hydrogens is 244 g/mol. The van der Waals surface area contributed by atoms with E-state index in [4.69, 9.17) is 0 Å². The monoisotopic (exact) mass is 258 g/mol. The number of rotatable bonds is 2. The van der Waals surface area contributed by atoms with Crippen molar-refractivity contribution < 1.29 is 0 Å². The summed E-state index contributed by atoms with van der Waals surface area (Å²) in [6.45, 7) is 0.823. The second-order valence-corrected chi connectivity index (χ2v) is 6.28. The largest absolute Gasteiger partial charge is 0.298 e. The molecule has 18 heavy (non-hydrogen) atoms. The van der Waals surface area contributed by atoms with Crippen LogP contribution in [-0.2, 0) is 6.54 Å². The topological polar surface area (TPSA) is 34.9 Å². The molecule has 0 amide bonds. The fourth-order valence-electron chi connectivity index (χ4n) is 3.38. The van der Waals surface area contributed by atoms with E-state index in [-0.39, 0.29) is 5.56 Å². The summed E-state index contributed by atoms with van der Waals surface area (Å²) in [5, 5.41) is 2.70. The maximum absolute atomic E-state index is 12.3. The standard InChI is InChI=1S/C14H14N2OS/c17-14-12-3-4-18-13(12)15-8-16(14)7-11-6-9-1-2-10(11)5-9/h1-4,8-11H,5-7H2/t9-,10+,11?/m0/s1. The summed E-state index contributed by atoms with van der Waals surface area (Å²) in [7, 11) is 0. The quantitative estimate of drug-likeness (QED) is 0.776. The molecule has 4 rings (SSSR count). The maximum Gasteiger partial charge on any atom is 0.262 e. The normalized spacial score (nSPS) is 29.4. The molecule has 2 aliphatic carbocycles. The minimum Gasteiger partial charge on any atom is -0.298 e. The van der Waals surface area contributed by atoms with E-state index >= 15 is 0 Å². The van der Waals surface area contributed by atoms with E-state index in [9.17, 15) is 4.79 Å². The van der Waals surface area contributed by atoms with Gasteiger partial charge in [-0.2, -0.15) is 0 Å². The number of fused-ring (bicyclic) bond motifs is 3. The van der Waals surface area contributed by atoms with Crippen LogP contribution in [0.15, 0.2) is 34.7 Å². The van der Waals surface area contributed by atoms with Gasteiger partial charge in [0.15, 0.2) is 0 Å². The molecule has 3 nitrogen and oxygen atoms in total. The fraction of sp³-hybridized carbons (Fsp3) is 0.429. The SMILES string of the molecule is O=c1c2ccsc2ncn1CC1C[C@H]2C=C[C@@H]1C2. The highest BCUT2D eigenvalue weighted by molar-refractivity contribution is 7.16. The van der Waals surface area contributed by atoms with Gasteiger partial charge in [0.2, 0.25) is 0 Å². The summed E-state index contributed by atoms with van der Waals surface area (Å²) in [6.07, 6.45) is 8.91. The molecule has 0 aliphatic heterocycles. The first-order valence-electron chi connectivity index (χ1n) is 6.42. The summed E-state index contributed by atoms with van der Waals surface area (Å²) < 4.78 is 1.80. The predicted molar refractivity (Wildman–Crippen MR) is 72.7 cm³/mol. The molecular formula is C14H14N2OS. The van der Waals surface area contributed by atoms with Crippen molar-refractivity contribution >= 4 is 21.6 Å². The molecule has 1 saturated carbocycles. The van der Waals surface area contributed by atoms with Crippen molar-refractivity contribution in [3.63, 3.8) is 0 Å². The molecule has 0 radical (unpaired) electrons. The number of hydrogen-bond acceptors (Lipinski definition) is 3. The Balaban J connectivity index is 1.69. The molecule has 0 aromatic carbocycles. The van der Waals surface area contributed by atoms with E-state index < -0.39 is 0 Å². The maximum atomic E-state index is 12.3. The zero-order valence-electron chi connectivity index (χ0n) is 9.95. The van der Waals surface area contributed by atoms with Crippen molar-refractivity contribution in [3.05, 3.63) is 40.3 Å². The number of aromatic nitrogens is 2. The molecule has 2 aliphatic rings. The van der Waals surface area contributed by atoms with Gasteiger partial charge < -0.3 is 0 Å². The summed E-state index contributed by atoms with van der Waals surface area (Å²) in [5.41, 5.74) is 0.119. The average Bonchev–Trinajstić information content (AvgIpc) is 3.07. The van der Waals surface area contributed by atoms with Gasteiger partial charge in [-0.15, -0.1) is 11.3 Å². The van der Waals surface area contributed by atoms with Crippen LogP contribution in [0.2, 0.25) is 0 Å². The predicted octanol–water partition coefficient (Wildman–Crippen LogP) is 2.67. The van der Waals surface area contributed by atoms with Gasteiger partial charge in [-0.1, -0.05) is 12.2 Å². The highest BCUT2D eigenvalue weighted by atomic mass is 32.1. The van der Waals surface area contributed by atoms with E-state index in [1.807, 2.05) is 11.4 Å². The Bertz CT molecular complexity index is 684. The minimum absolute atomic E-state index is 0.119. The average molecular weight is 258 g/mol. The van der Waals surface area contributed by atoms with Crippen molar-refractivity contribution in [2.45, 2.75) is 19.4 Å². The van der Waals surface area contributed by atoms with Crippen LogP contribution in [0.5, 0.6) is 0 Å². The van der Waals surface area contributed by atoms with E-state index in [1.165, 1.54) is 24.2 Å². The lowest BCUT2D eigenvalue weighted by Crippen LogP contribution is -2.25. The molecule has 0 saturated heterocycles. The Morgan fingerprint density at radius 3 is 3.11 bits per heavy atom. The second-order valence-electron chi connectivity index (χ2n) is 5.38. The second kappa shape index (κ2) is 3.79. The van der Waals surface area contributed by atoms with Crippen LogP contribution >= 0.6 is 11.3 Å². The third kappa shape index (κ3) is 1.48. The van der Waals surface area contributed by atoms with Gasteiger partial charge in [0.05, 0.1) is 11.7 Å². The number of allylic oxidation sites excluding steroid dienone is 2. The highest BCUT2D eigenvalue weighted by Crippen LogP contribution is 2.43. The van der Waals surface area contributed by atoms with Gasteiger partial charge in [-0.05, 0) is 42.0 Å². The van der Waals surface area contributed by atoms with Crippen LogP contribution in [0.25, 0.3) is 10.2 Å². The first-order chi connectivity index (χ1) is 8.81. The van der Waals surface area contributed by atoms with E-state index in [0.717, 1.165) is 22.7 Å². The Labute approximate surface area is 109 Å². The molecule has 2 aromatic rings. The van der Waals surface area contributed by atoms with Crippen LogP contribution in [0.3, 0.4) is 0 Å². The van der Waals surface area contributed by atoms with Gasteiger partial charge in [0.25, 0.3) is 5.56 Å². The number of nitrogens with zero attached hydrogens (tertiary/aromatic N) is 2. The molecule has 3 atom stereocenters. The van der Waals surface area contributed by atoms with Gasteiger partial charge in [0.1, 0.15) is 4.83 Å². The Hall–Kier alpha value is -1.42. The van der Waals surface area contributed by atoms with Crippen LogP contribution in [0.1, 0.15) is 12.8 Å². The van der Waals surface area contributed by atoms with Crippen LogP contribution < -0.4 is 5.56 Å². The van der Waals surface area contributed by atoms with Gasteiger partial charge in [-0.25, -0.2) is 4.98 Å². The smallest absolute Gasteiger partial charge is 0.262 e. The molecule has 92 valence electrons. The lowest BCUT2D eigenvalue weighted by atomic mass is 9.93. The number of thiophene rings is 1. The third-order valence-electron chi connectivity index (χ3n) is 4.30. The lowest BCUT2D eigenvalue weighted by Gasteiger charge is -2.18. The molecule has 1 fully saturated rings. The first kappa shape index (κ1) is 10.5. The summed E-state index contributed by atoms with van der Waals surface area (Å²) >= 11 is 1.53. The highest BCUT2D eigenvalue weighted by Gasteiger charge is 2.35. The summed E-state index contributed by atoms with van der Waals surface area (Å²) in [4.78, 5) is 17.5. The van der Waals surface area contributed by atoms with E-state index in [0.29, 0.717) is 11.8 Å². The Morgan fingerprint density at radius 2 is 2.33 bits per heavy atom. The van der Waals surface area contributed by atoms with Gasteiger partial charge >= 0.3 is 0 Å². The Morgan fingerprint density at radius 1 is 1.39 bits per heavy atom. The van der Waals surface area contributed by atoms with Crippen LogP contribution in [0.4, 0.5) is 0 Å². The fourth-order valence-corrected chi connectivity index (χ4v) is 4.10. The van der Waals surface area contributed by atoms with Gasteiger partial charge in [0, 0.05) is 6.54 Å². The summed E-state index contributed by atoms with van der Waals surface area (Å²) in [6, 6.07) is 1.88. The van der Waals surface area contributed by atoms with Crippen molar-refractivity contribution in [1.82, 2.24) is 9.55 Å². The Kier molecular flexibility index (Phi) is 2.21. The molecule has 0 spiro atoms. The third-order valence-corrected chi connectivity index (χ3v) is 5.12. The zero-order valence-corrected chi connectivity index (χ0v) is 10.8. The van der Waals surface area contributed by atoms with Crippen molar-refractivity contribution in [2.24, 2.45) is 17.8 Å². The zero-order chi connectivity index (χ0) is 12.1. The van der Waals surface area contributed by atoms with E-state index in [1.54, 1.807) is 10.9 Å². The van der Waals surface area contributed by atoms with Crippen molar-refractivity contribution in [2.75, 3.05) is 0 Å². The van der Waals surface area contributed by atoms with Crippen LogP contribution in [0, 0.1) is 17.8 Å².